The van der Waals surface area contributed by atoms with Crippen LogP contribution in [0.15, 0.2) is 59.2 Å². The van der Waals surface area contributed by atoms with Gasteiger partial charge in [-0.15, -0.1) is 0 Å². The number of hydrogen-bond donors (Lipinski definition) is 1. The predicted octanol–water partition coefficient (Wildman–Crippen LogP) is 3.77. The van der Waals surface area contributed by atoms with Gasteiger partial charge in [-0.3, -0.25) is 4.90 Å². The normalized spacial score (nSPS) is 18.2. The molecule has 1 saturated heterocycles. The Labute approximate surface area is 150 Å². The molecule has 0 spiro atoms. The Kier molecular flexibility index (Phi) is 4.77. The summed E-state index contributed by atoms with van der Waals surface area (Å²) >= 11 is 0. The molecule has 134 valence electrons. The standard InChI is InChI=1S/C20H19F2N3O/c21-16-5-1-3-14(9-16)19-11-23-7-8-25(19)12-18-13-26-20(24-18)15-4-2-6-17(22)10-15/h1-6,9-10,13,19,23H,7-8,11-12H2. The fraction of sp³-hybridized carbons (Fsp3) is 0.250. The first kappa shape index (κ1) is 16.9. The Morgan fingerprint density at radius 1 is 1.12 bits per heavy atom. The van der Waals surface area contributed by atoms with E-state index < -0.39 is 0 Å². The van der Waals surface area contributed by atoms with E-state index in [2.05, 4.69) is 15.2 Å². The van der Waals surface area contributed by atoms with Gasteiger partial charge in [-0.05, 0) is 35.9 Å². The largest absolute Gasteiger partial charge is 0.444 e. The second-order valence-corrected chi connectivity index (χ2v) is 6.40. The molecule has 0 amide bonds. The molecule has 1 unspecified atom stereocenters. The first-order valence-corrected chi connectivity index (χ1v) is 8.59. The quantitative estimate of drug-likeness (QED) is 0.774. The van der Waals surface area contributed by atoms with Crippen molar-refractivity contribution in [1.82, 2.24) is 15.2 Å². The molecule has 1 aromatic heterocycles. The van der Waals surface area contributed by atoms with Gasteiger partial charge in [-0.1, -0.05) is 18.2 Å². The van der Waals surface area contributed by atoms with Crippen LogP contribution in [0.25, 0.3) is 11.5 Å². The summed E-state index contributed by atoms with van der Waals surface area (Å²) in [6.07, 6.45) is 1.60. The highest BCUT2D eigenvalue weighted by Gasteiger charge is 2.25. The van der Waals surface area contributed by atoms with Crippen molar-refractivity contribution in [3.8, 4) is 11.5 Å². The van der Waals surface area contributed by atoms with E-state index in [-0.39, 0.29) is 17.7 Å². The summed E-state index contributed by atoms with van der Waals surface area (Å²) in [7, 11) is 0. The molecule has 4 nitrogen and oxygen atoms in total. The number of benzene rings is 2. The van der Waals surface area contributed by atoms with Gasteiger partial charge < -0.3 is 9.73 Å². The maximum atomic E-state index is 13.6. The van der Waals surface area contributed by atoms with Gasteiger partial charge in [-0.25, -0.2) is 13.8 Å². The first-order chi connectivity index (χ1) is 12.7. The lowest BCUT2D eigenvalue weighted by atomic mass is 10.0. The monoisotopic (exact) mass is 355 g/mol. The molecule has 0 saturated carbocycles. The summed E-state index contributed by atoms with van der Waals surface area (Å²) in [5.41, 5.74) is 2.32. The van der Waals surface area contributed by atoms with Gasteiger partial charge in [0.2, 0.25) is 5.89 Å². The van der Waals surface area contributed by atoms with Crippen LogP contribution < -0.4 is 5.32 Å². The highest BCUT2D eigenvalue weighted by atomic mass is 19.1. The van der Waals surface area contributed by atoms with Crippen molar-refractivity contribution in [3.05, 3.63) is 77.7 Å². The maximum Gasteiger partial charge on any atom is 0.226 e. The molecule has 1 N–H and O–H groups in total. The summed E-state index contributed by atoms with van der Waals surface area (Å²) in [5.74, 6) is -0.157. The van der Waals surface area contributed by atoms with Gasteiger partial charge in [-0.2, -0.15) is 0 Å². The summed E-state index contributed by atoms with van der Waals surface area (Å²) in [5, 5.41) is 3.36. The van der Waals surface area contributed by atoms with Crippen LogP contribution in [-0.2, 0) is 6.54 Å². The fourth-order valence-corrected chi connectivity index (χ4v) is 3.32. The van der Waals surface area contributed by atoms with E-state index in [9.17, 15) is 8.78 Å². The maximum absolute atomic E-state index is 13.6. The molecule has 0 bridgehead atoms. The third kappa shape index (κ3) is 3.66. The minimum atomic E-state index is -0.324. The molecule has 1 aliphatic heterocycles. The molecule has 3 aromatic rings. The zero-order valence-electron chi connectivity index (χ0n) is 14.2. The van der Waals surface area contributed by atoms with Gasteiger partial charge >= 0.3 is 0 Å². The lowest BCUT2D eigenvalue weighted by molar-refractivity contribution is 0.151. The predicted molar refractivity (Wildman–Crippen MR) is 94.3 cm³/mol. The number of oxazole rings is 1. The second kappa shape index (κ2) is 7.35. The molecule has 26 heavy (non-hydrogen) atoms. The molecule has 1 atom stereocenters. The van der Waals surface area contributed by atoms with Gasteiger partial charge in [0.05, 0.1) is 5.69 Å². The van der Waals surface area contributed by atoms with Crippen molar-refractivity contribution in [2.45, 2.75) is 12.6 Å². The van der Waals surface area contributed by atoms with Crippen LogP contribution in [-0.4, -0.2) is 29.5 Å². The number of nitrogens with one attached hydrogen (secondary N) is 1. The number of hydrogen-bond acceptors (Lipinski definition) is 4. The molecule has 0 radical (unpaired) electrons. The van der Waals surface area contributed by atoms with E-state index in [4.69, 9.17) is 4.42 Å². The van der Waals surface area contributed by atoms with Crippen molar-refractivity contribution in [3.63, 3.8) is 0 Å². The Balaban J connectivity index is 1.54. The Hall–Kier alpha value is -2.57. The van der Waals surface area contributed by atoms with Crippen LogP contribution in [0.2, 0.25) is 0 Å². The molecule has 1 aliphatic rings. The lowest BCUT2D eigenvalue weighted by Gasteiger charge is -2.36. The SMILES string of the molecule is Fc1cccc(-c2nc(CN3CCNCC3c3cccc(F)c3)co2)c1. The van der Waals surface area contributed by atoms with E-state index in [1.165, 1.54) is 18.2 Å². The minimum Gasteiger partial charge on any atom is -0.444 e. The highest BCUT2D eigenvalue weighted by Crippen LogP contribution is 2.26. The smallest absolute Gasteiger partial charge is 0.226 e. The van der Waals surface area contributed by atoms with Gasteiger partial charge in [0.1, 0.15) is 17.9 Å². The second-order valence-electron chi connectivity index (χ2n) is 6.40. The lowest BCUT2D eigenvalue weighted by Crippen LogP contribution is -2.45. The van der Waals surface area contributed by atoms with E-state index in [0.29, 0.717) is 18.0 Å². The van der Waals surface area contributed by atoms with Gasteiger partial charge in [0.25, 0.3) is 0 Å². The summed E-state index contributed by atoms with van der Waals surface area (Å²) < 4.78 is 32.5. The van der Waals surface area contributed by atoms with Crippen LogP contribution in [0.4, 0.5) is 8.78 Å². The molecule has 1 fully saturated rings. The molecule has 2 heterocycles. The van der Waals surface area contributed by atoms with E-state index in [0.717, 1.165) is 30.9 Å². The first-order valence-electron chi connectivity index (χ1n) is 8.59. The number of rotatable bonds is 4. The van der Waals surface area contributed by atoms with Crippen LogP contribution >= 0.6 is 0 Å². The highest BCUT2D eigenvalue weighted by molar-refractivity contribution is 5.52. The Morgan fingerprint density at radius 2 is 1.92 bits per heavy atom. The molecule has 0 aliphatic carbocycles. The summed E-state index contributed by atoms with van der Waals surface area (Å²) in [4.78, 5) is 6.74. The number of nitrogens with zero attached hydrogens (tertiary/aromatic N) is 2. The van der Waals surface area contributed by atoms with Gasteiger partial charge in [0, 0.05) is 37.8 Å². The van der Waals surface area contributed by atoms with Crippen molar-refractivity contribution in [1.29, 1.82) is 0 Å². The van der Waals surface area contributed by atoms with Crippen molar-refractivity contribution < 1.29 is 13.2 Å². The fourth-order valence-electron chi connectivity index (χ4n) is 3.32. The average Bonchev–Trinajstić information content (AvgIpc) is 3.11. The Morgan fingerprint density at radius 3 is 2.73 bits per heavy atom. The molecular formula is C20H19F2N3O. The average molecular weight is 355 g/mol. The van der Waals surface area contributed by atoms with Crippen molar-refractivity contribution >= 4 is 0 Å². The third-order valence-electron chi connectivity index (χ3n) is 4.58. The van der Waals surface area contributed by atoms with Crippen LogP contribution in [0.3, 0.4) is 0 Å². The van der Waals surface area contributed by atoms with E-state index >= 15 is 0 Å². The van der Waals surface area contributed by atoms with Crippen molar-refractivity contribution in [2.75, 3.05) is 19.6 Å². The third-order valence-corrected chi connectivity index (χ3v) is 4.58. The number of aromatic nitrogens is 1. The Bertz CT molecular complexity index is 896. The zero-order chi connectivity index (χ0) is 17.9. The number of piperazine rings is 1. The van der Waals surface area contributed by atoms with E-state index in [1.54, 1.807) is 30.5 Å². The topological polar surface area (TPSA) is 41.3 Å². The molecule has 2 aromatic carbocycles. The molecule has 6 heteroatoms. The van der Waals surface area contributed by atoms with Gasteiger partial charge in [0.15, 0.2) is 0 Å². The zero-order valence-corrected chi connectivity index (χ0v) is 14.2. The number of halogens is 2. The minimum absolute atomic E-state index is 0.0637. The summed E-state index contributed by atoms with van der Waals surface area (Å²) in [6, 6.07) is 12.9. The van der Waals surface area contributed by atoms with E-state index in [1.807, 2.05) is 6.07 Å². The molecular weight excluding hydrogens is 336 g/mol. The molecule has 4 rings (SSSR count). The van der Waals surface area contributed by atoms with Crippen molar-refractivity contribution in [2.24, 2.45) is 0 Å². The van der Waals surface area contributed by atoms with Crippen LogP contribution in [0.5, 0.6) is 0 Å². The summed E-state index contributed by atoms with van der Waals surface area (Å²) in [6.45, 7) is 3.02. The van der Waals surface area contributed by atoms with Crippen LogP contribution in [0.1, 0.15) is 17.3 Å². The van der Waals surface area contributed by atoms with Crippen LogP contribution in [0, 0.1) is 11.6 Å².